The zero-order valence-electron chi connectivity index (χ0n) is 36.3. The predicted molar refractivity (Wildman–Crippen MR) is 253 cm³/mol. The van der Waals surface area contributed by atoms with E-state index in [9.17, 15) is 9.90 Å². The van der Waals surface area contributed by atoms with Crippen molar-refractivity contribution in [3.05, 3.63) is 156 Å². The van der Waals surface area contributed by atoms with E-state index in [4.69, 9.17) is 51.2 Å². The van der Waals surface area contributed by atoms with Gasteiger partial charge in [0.2, 0.25) is 0 Å². The molecule has 3 heterocycles. The lowest BCUT2D eigenvalue weighted by Crippen LogP contribution is -2.57. The van der Waals surface area contributed by atoms with E-state index in [2.05, 4.69) is 10.3 Å². The van der Waals surface area contributed by atoms with E-state index in [0.29, 0.717) is 51.8 Å². The number of benzene rings is 6. The Morgan fingerprint density at radius 1 is 0.600 bits per heavy atom. The van der Waals surface area contributed by atoms with Gasteiger partial charge < -0.3 is 38.0 Å². The van der Waals surface area contributed by atoms with Crippen LogP contribution in [0.5, 0.6) is 23.0 Å². The van der Waals surface area contributed by atoms with Gasteiger partial charge in [0.25, 0.3) is 0 Å². The van der Waals surface area contributed by atoms with Gasteiger partial charge in [0.15, 0.2) is 11.5 Å². The average molecular weight is 911 g/mol. The van der Waals surface area contributed by atoms with Crippen LogP contribution in [0.15, 0.2) is 155 Å². The van der Waals surface area contributed by atoms with Crippen LogP contribution >= 0.6 is 23.2 Å². The van der Waals surface area contributed by atoms with E-state index in [1.54, 1.807) is 31.3 Å². The van der Waals surface area contributed by atoms with Gasteiger partial charge in [-0.3, -0.25) is 0 Å². The minimum atomic E-state index is -0.520. The minimum absolute atomic E-state index is 0.0856. The van der Waals surface area contributed by atoms with Gasteiger partial charge in [-0.1, -0.05) is 94.2 Å². The molecule has 0 atom stereocenters. The summed E-state index contributed by atoms with van der Waals surface area (Å²) in [4.78, 5) is 13.8. The Morgan fingerprint density at radius 2 is 1.00 bits per heavy atom. The average Bonchev–Trinajstić information content (AvgIpc) is 3.94. The molecular formula is C52H45Cl2N3O8. The number of aromatic hydroxyl groups is 1. The molecule has 1 aliphatic rings. The Morgan fingerprint density at radius 3 is 1.42 bits per heavy atom. The summed E-state index contributed by atoms with van der Waals surface area (Å²) >= 11 is 12.9. The normalized spacial score (nSPS) is 12.4. The summed E-state index contributed by atoms with van der Waals surface area (Å²) in [6, 6.07) is 44.9. The van der Waals surface area contributed by atoms with Crippen molar-refractivity contribution in [1.82, 2.24) is 15.2 Å². The zero-order valence-corrected chi connectivity index (χ0v) is 37.8. The lowest BCUT2D eigenvalue weighted by molar-refractivity contribution is -0.0221. The fourth-order valence-corrected chi connectivity index (χ4v) is 7.63. The van der Waals surface area contributed by atoms with Gasteiger partial charge in [-0.05, 0) is 117 Å². The molecule has 11 nitrogen and oxygen atoms in total. The number of likely N-dealkylation sites (tertiary alicyclic amines) is 1. The predicted octanol–water partition coefficient (Wildman–Crippen LogP) is 13.4. The molecule has 65 heavy (non-hydrogen) atoms. The summed E-state index contributed by atoms with van der Waals surface area (Å²) in [7, 11) is 3.26. The summed E-state index contributed by atoms with van der Waals surface area (Å²) in [6.07, 6.45) is -0.407. The third kappa shape index (κ3) is 10.1. The van der Waals surface area contributed by atoms with Crippen molar-refractivity contribution in [1.29, 1.82) is 0 Å². The number of hydrogen-bond acceptors (Lipinski definition) is 10. The third-order valence-corrected chi connectivity index (χ3v) is 11.1. The molecule has 13 heteroatoms. The first-order valence-corrected chi connectivity index (χ1v) is 21.5. The van der Waals surface area contributed by atoms with E-state index in [-0.39, 0.29) is 17.9 Å². The van der Waals surface area contributed by atoms with E-state index in [1.165, 1.54) is 0 Å². The van der Waals surface area contributed by atoms with Crippen molar-refractivity contribution in [2.24, 2.45) is 0 Å². The quantitative estimate of drug-likeness (QED) is 0.142. The Balaban J connectivity index is 0.000000188. The van der Waals surface area contributed by atoms with Gasteiger partial charge in [-0.15, -0.1) is 0 Å². The largest absolute Gasteiger partial charge is 0.508 e. The molecule has 8 aromatic rings. The Kier molecular flexibility index (Phi) is 13.2. The summed E-state index contributed by atoms with van der Waals surface area (Å²) in [5, 5.41) is 19.6. The number of rotatable bonds is 10. The second-order valence-electron chi connectivity index (χ2n) is 16.1. The number of phenolic OH excluding ortho intramolecular Hbond substituents is 1. The van der Waals surface area contributed by atoms with Crippen LogP contribution in [0.25, 0.3) is 67.4 Å². The molecule has 1 fully saturated rings. The topological polar surface area (TPSA) is 130 Å². The Bertz CT molecular complexity index is 2880. The van der Waals surface area contributed by atoms with Crippen LogP contribution in [-0.2, 0) is 4.74 Å². The monoisotopic (exact) mass is 909 g/mol. The molecule has 0 bridgehead atoms. The molecule has 1 aliphatic heterocycles. The third-order valence-electron chi connectivity index (χ3n) is 10.4. The zero-order chi connectivity index (χ0) is 45.7. The van der Waals surface area contributed by atoms with Crippen LogP contribution in [0, 0.1) is 0 Å². The molecule has 6 aromatic carbocycles. The van der Waals surface area contributed by atoms with Gasteiger partial charge in [0.05, 0.1) is 48.5 Å². The highest BCUT2D eigenvalue weighted by molar-refractivity contribution is 6.34. The second-order valence-corrected chi connectivity index (χ2v) is 16.9. The number of halogens is 2. The second kappa shape index (κ2) is 19.3. The number of aromatic nitrogens is 2. The van der Waals surface area contributed by atoms with Crippen molar-refractivity contribution in [3.8, 4) is 90.4 Å². The molecule has 330 valence electrons. The molecule has 0 aliphatic carbocycles. The molecule has 0 unspecified atom stereocenters. The van der Waals surface area contributed by atoms with Crippen molar-refractivity contribution >= 4 is 29.3 Å². The van der Waals surface area contributed by atoms with Gasteiger partial charge >= 0.3 is 6.09 Å². The highest BCUT2D eigenvalue weighted by Crippen LogP contribution is 2.44. The SMILES string of the molecule is COc1ccc(-c2onc(-c3ccccc3Cl)c2-c2ccc(O)cc2)cc1.COc1ccc(-c2onc(-c3ccccc3Cl)c2-c2ccc(OC3CN(C(=O)OC(C)(C)C)C3)cc2)cc1. The number of hydrogen-bond donors (Lipinski definition) is 1. The molecule has 1 amide bonds. The maximum Gasteiger partial charge on any atom is 0.410 e. The summed E-state index contributed by atoms with van der Waals surface area (Å²) in [6.45, 7) is 6.54. The van der Waals surface area contributed by atoms with Crippen molar-refractivity contribution in [2.45, 2.75) is 32.5 Å². The van der Waals surface area contributed by atoms with Gasteiger partial charge in [0, 0.05) is 22.3 Å². The number of amides is 1. The molecule has 1 saturated heterocycles. The van der Waals surface area contributed by atoms with Gasteiger partial charge in [0.1, 0.15) is 46.1 Å². The molecule has 0 radical (unpaired) electrons. The van der Waals surface area contributed by atoms with Crippen LogP contribution in [-0.4, -0.2) is 65.4 Å². The molecule has 2 aromatic heterocycles. The first-order valence-electron chi connectivity index (χ1n) is 20.7. The van der Waals surface area contributed by atoms with Crippen LogP contribution in [0.3, 0.4) is 0 Å². The summed E-state index contributed by atoms with van der Waals surface area (Å²) < 4.78 is 33.7. The lowest BCUT2D eigenvalue weighted by atomic mass is 9.96. The standard InChI is InChI=1S/C30H29ClN2O5.C22H16ClNO3/c1-30(2,3)37-29(34)33-17-23(18-33)36-22-15-9-19(10-16-22)26-27(24-7-5-6-8-25(24)31)32-38-28(26)20-11-13-21(35-4)14-12-20;1-26-17-12-8-15(9-13-17)22-20(14-6-10-16(25)11-7-14)21(24-27-22)18-4-2-3-5-19(18)23/h5-16,23H,17-18H2,1-4H3;2-13,25H,1H3. The fraction of sp³-hybridized carbons (Fsp3) is 0.173. The number of methoxy groups -OCH3 is 2. The highest BCUT2D eigenvalue weighted by Gasteiger charge is 2.35. The molecular weight excluding hydrogens is 865 g/mol. The van der Waals surface area contributed by atoms with Crippen LogP contribution in [0.4, 0.5) is 4.79 Å². The van der Waals surface area contributed by atoms with Crippen molar-refractivity contribution < 1.29 is 37.9 Å². The van der Waals surface area contributed by atoms with Gasteiger partial charge in [-0.2, -0.15) is 0 Å². The van der Waals surface area contributed by atoms with Crippen LogP contribution in [0.2, 0.25) is 10.0 Å². The lowest BCUT2D eigenvalue weighted by Gasteiger charge is -2.39. The highest BCUT2D eigenvalue weighted by atomic mass is 35.5. The Labute approximate surface area is 386 Å². The van der Waals surface area contributed by atoms with E-state index in [1.807, 2.05) is 154 Å². The maximum absolute atomic E-state index is 12.2. The van der Waals surface area contributed by atoms with E-state index >= 15 is 0 Å². The molecule has 9 rings (SSSR count). The molecule has 0 spiro atoms. The van der Waals surface area contributed by atoms with Crippen molar-refractivity contribution in [2.75, 3.05) is 27.3 Å². The van der Waals surface area contributed by atoms with Gasteiger partial charge in [-0.25, -0.2) is 4.79 Å². The first kappa shape index (κ1) is 44.4. The molecule has 0 saturated carbocycles. The smallest absolute Gasteiger partial charge is 0.410 e. The summed E-state index contributed by atoms with van der Waals surface area (Å²) in [5.41, 5.74) is 7.50. The fourth-order valence-electron chi connectivity index (χ4n) is 7.18. The van der Waals surface area contributed by atoms with Crippen molar-refractivity contribution in [3.63, 3.8) is 0 Å². The maximum atomic E-state index is 12.2. The Hall–Kier alpha value is -7.21. The van der Waals surface area contributed by atoms with E-state index < -0.39 is 5.60 Å². The van der Waals surface area contributed by atoms with Crippen LogP contribution < -0.4 is 14.2 Å². The number of carbonyl (C=O) groups excluding carboxylic acids is 1. The number of carbonyl (C=O) groups is 1. The summed E-state index contributed by atoms with van der Waals surface area (Å²) in [5.74, 6) is 3.67. The van der Waals surface area contributed by atoms with E-state index in [0.717, 1.165) is 56.0 Å². The molecule has 1 N–H and O–H groups in total. The minimum Gasteiger partial charge on any atom is -0.508 e. The number of nitrogens with zero attached hydrogens (tertiary/aromatic N) is 3. The number of ether oxygens (including phenoxy) is 4. The number of phenols is 1. The van der Waals surface area contributed by atoms with Crippen LogP contribution in [0.1, 0.15) is 20.8 Å². The first-order chi connectivity index (χ1) is 31.4.